The molecule has 160 valence electrons. The van der Waals surface area contributed by atoms with Crippen molar-refractivity contribution in [1.29, 1.82) is 0 Å². The standard InChI is InChI=1S/C20H23FN4O5/c21-14-7-12-16(25(11-1-2-11)9-13(18(12)27)20(29)30)8-17(14)23-3-5-24(6-4-23)19(28)15(22)10-26/h7-9,11,15,26H,1-6,10,22H2,(H,29,30). The third kappa shape index (κ3) is 3.52. The van der Waals surface area contributed by atoms with E-state index in [1.54, 1.807) is 15.5 Å². The third-order valence-electron chi connectivity index (χ3n) is 5.72. The molecule has 1 saturated heterocycles. The van der Waals surface area contributed by atoms with Crippen LogP contribution in [0, 0.1) is 5.82 Å². The lowest BCUT2D eigenvalue weighted by Crippen LogP contribution is -2.54. The van der Waals surface area contributed by atoms with Crippen molar-refractivity contribution in [2.24, 2.45) is 5.73 Å². The minimum Gasteiger partial charge on any atom is -0.477 e. The molecular weight excluding hydrogens is 395 g/mol. The van der Waals surface area contributed by atoms with Crippen molar-refractivity contribution in [3.05, 3.63) is 39.9 Å². The lowest BCUT2D eigenvalue weighted by molar-refractivity contribution is -0.133. The molecule has 30 heavy (non-hydrogen) atoms. The summed E-state index contributed by atoms with van der Waals surface area (Å²) in [7, 11) is 0. The van der Waals surface area contributed by atoms with Gasteiger partial charge in [0.05, 0.1) is 17.8 Å². The lowest BCUT2D eigenvalue weighted by Gasteiger charge is -2.37. The summed E-state index contributed by atoms with van der Waals surface area (Å²) < 4.78 is 16.7. The zero-order valence-corrected chi connectivity index (χ0v) is 16.3. The highest BCUT2D eigenvalue weighted by atomic mass is 19.1. The summed E-state index contributed by atoms with van der Waals surface area (Å²) in [4.78, 5) is 39.5. The van der Waals surface area contributed by atoms with E-state index in [2.05, 4.69) is 0 Å². The van der Waals surface area contributed by atoms with Gasteiger partial charge in [0.25, 0.3) is 0 Å². The van der Waals surface area contributed by atoms with Gasteiger partial charge in [-0.15, -0.1) is 0 Å². The number of carbonyl (C=O) groups excluding carboxylic acids is 1. The SMILES string of the molecule is NC(CO)C(=O)N1CCN(c2cc3c(cc2F)c(=O)c(C(=O)O)cn3C2CC2)CC1. The second-order valence-electron chi connectivity index (χ2n) is 7.74. The predicted octanol–water partition coefficient (Wildman–Crippen LogP) is 0.142. The Bertz CT molecular complexity index is 1070. The zero-order chi connectivity index (χ0) is 21.6. The van der Waals surface area contributed by atoms with Crippen molar-refractivity contribution >= 4 is 28.5 Å². The van der Waals surface area contributed by atoms with Crippen LogP contribution in [0.1, 0.15) is 29.2 Å². The molecule has 1 aliphatic heterocycles. The van der Waals surface area contributed by atoms with Gasteiger partial charge in [-0.25, -0.2) is 9.18 Å². The summed E-state index contributed by atoms with van der Waals surface area (Å²) in [6, 6.07) is 1.83. The number of hydrogen-bond acceptors (Lipinski definition) is 6. The predicted molar refractivity (Wildman–Crippen MR) is 107 cm³/mol. The highest BCUT2D eigenvalue weighted by Gasteiger charge is 2.29. The van der Waals surface area contributed by atoms with Gasteiger partial charge in [0, 0.05) is 43.8 Å². The number of pyridine rings is 1. The molecular formula is C20H23FN4O5. The number of fused-ring (bicyclic) bond motifs is 1. The number of carboxylic acids is 1. The third-order valence-corrected chi connectivity index (χ3v) is 5.72. The molecule has 4 rings (SSSR count). The number of nitrogens with two attached hydrogens (primary N) is 1. The average molecular weight is 418 g/mol. The van der Waals surface area contributed by atoms with Crippen LogP contribution in [0.4, 0.5) is 10.1 Å². The van der Waals surface area contributed by atoms with Gasteiger partial charge < -0.3 is 30.3 Å². The largest absolute Gasteiger partial charge is 0.477 e. The molecule has 1 atom stereocenters. The van der Waals surface area contributed by atoms with Crippen LogP contribution >= 0.6 is 0 Å². The normalized spacial score (nSPS) is 18.0. The molecule has 4 N–H and O–H groups in total. The van der Waals surface area contributed by atoms with Crippen LogP contribution in [0.25, 0.3) is 10.9 Å². The number of carbonyl (C=O) groups is 2. The van der Waals surface area contributed by atoms with Gasteiger partial charge in [-0.2, -0.15) is 0 Å². The zero-order valence-electron chi connectivity index (χ0n) is 16.3. The van der Waals surface area contributed by atoms with Crippen molar-refractivity contribution in [2.45, 2.75) is 24.9 Å². The Morgan fingerprint density at radius 2 is 1.87 bits per heavy atom. The molecule has 2 heterocycles. The molecule has 9 nitrogen and oxygen atoms in total. The molecule has 1 saturated carbocycles. The van der Waals surface area contributed by atoms with E-state index in [-0.39, 0.29) is 22.9 Å². The first kappa shape index (κ1) is 20.3. The van der Waals surface area contributed by atoms with Crippen molar-refractivity contribution in [2.75, 3.05) is 37.7 Å². The Labute approximate surface area is 171 Å². The topological polar surface area (TPSA) is 129 Å². The molecule has 1 aromatic heterocycles. The maximum Gasteiger partial charge on any atom is 0.341 e. The van der Waals surface area contributed by atoms with Gasteiger partial charge in [0.1, 0.15) is 17.4 Å². The molecule has 0 bridgehead atoms. The van der Waals surface area contributed by atoms with E-state index in [0.717, 1.165) is 18.9 Å². The van der Waals surface area contributed by atoms with Crippen LogP contribution in [0.3, 0.4) is 0 Å². The van der Waals surface area contributed by atoms with Crippen molar-refractivity contribution in [3.63, 3.8) is 0 Å². The Kier molecular flexibility index (Phi) is 5.20. The van der Waals surface area contributed by atoms with Crippen LogP contribution in [0.5, 0.6) is 0 Å². The first-order valence-electron chi connectivity index (χ1n) is 9.83. The number of anilines is 1. The van der Waals surface area contributed by atoms with Gasteiger partial charge >= 0.3 is 5.97 Å². The average Bonchev–Trinajstić information content (AvgIpc) is 3.58. The van der Waals surface area contributed by atoms with Crippen LogP contribution in [0.15, 0.2) is 23.1 Å². The monoisotopic (exact) mass is 418 g/mol. The summed E-state index contributed by atoms with van der Waals surface area (Å²) in [5, 5.41) is 18.4. The van der Waals surface area contributed by atoms with E-state index >= 15 is 0 Å². The smallest absolute Gasteiger partial charge is 0.341 e. The number of nitrogens with zero attached hydrogens (tertiary/aromatic N) is 3. The fourth-order valence-electron chi connectivity index (χ4n) is 3.89. The Morgan fingerprint density at radius 1 is 1.20 bits per heavy atom. The summed E-state index contributed by atoms with van der Waals surface area (Å²) >= 11 is 0. The Hall–Kier alpha value is -2.98. The number of carboxylic acid groups (broad SMARTS) is 1. The van der Waals surface area contributed by atoms with E-state index < -0.39 is 29.9 Å². The van der Waals surface area contributed by atoms with E-state index in [1.165, 1.54) is 11.1 Å². The number of benzene rings is 1. The lowest BCUT2D eigenvalue weighted by atomic mass is 10.1. The maximum atomic E-state index is 14.9. The van der Waals surface area contributed by atoms with Crippen LogP contribution in [-0.2, 0) is 4.79 Å². The minimum absolute atomic E-state index is 0.0470. The first-order valence-corrected chi connectivity index (χ1v) is 9.83. The highest BCUT2D eigenvalue weighted by molar-refractivity contribution is 5.93. The quantitative estimate of drug-likeness (QED) is 0.630. The maximum absolute atomic E-state index is 14.9. The van der Waals surface area contributed by atoms with Crippen molar-refractivity contribution in [3.8, 4) is 0 Å². The van der Waals surface area contributed by atoms with Gasteiger partial charge in [-0.05, 0) is 25.0 Å². The second kappa shape index (κ2) is 7.69. The number of aliphatic hydroxyl groups is 1. The van der Waals surface area contributed by atoms with Gasteiger partial charge in [0.15, 0.2) is 0 Å². The van der Waals surface area contributed by atoms with Crippen LogP contribution < -0.4 is 16.1 Å². The molecule has 2 fully saturated rings. The molecule has 2 aromatic rings. The summed E-state index contributed by atoms with van der Waals surface area (Å²) in [6.07, 6.45) is 3.09. The Morgan fingerprint density at radius 3 is 2.43 bits per heavy atom. The summed E-state index contributed by atoms with van der Waals surface area (Å²) in [5.74, 6) is -2.29. The van der Waals surface area contributed by atoms with Crippen LogP contribution in [0.2, 0.25) is 0 Å². The Balaban J connectivity index is 1.68. The summed E-state index contributed by atoms with van der Waals surface area (Å²) in [6.45, 7) is 0.963. The molecule has 1 amide bonds. The number of amides is 1. The fourth-order valence-corrected chi connectivity index (χ4v) is 3.89. The van der Waals surface area contributed by atoms with E-state index in [4.69, 9.17) is 10.8 Å². The number of piperazine rings is 1. The molecule has 2 aliphatic rings. The molecule has 1 aromatic carbocycles. The number of aromatic carboxylic acids is 1. The van der Waals surface area contributed by atoms with Gasteiger partial charge in [-0.1, -0.05) is 0 Å². The first-order chi connectivity index (χ1) is 14.3. The van der Waals surface area contributed by atoms with Crippen molar-refractivity contribution in [1.82, 2.24) is 9.47 Å². The molecule has 0 spiro atoms. The fraction of sp³-hybridized carbons (Fsp3) is 0.450. The summed E-state index contributed by atoms with van der Waals surface area (Å²) in [5.41, 5.74) is 5.33. The molecule has 1 unspecified atom stereocenters. The number of aromatic nitrogens is 1. The highest BCUT2D eigenvalue weighted by Crippen LogP contribution is 2.38. The number of aliphatic hydroxyl groups excluding tert-OH is 1. The van der Waals surface area contributed by atoms with E-state index in [1.807, 2.05) is 0 Å². The van der Waals surface area contributed by atoms with E-state index in [0.29, 0.717) is 37.4 Å². The molecule has 0 radical (unpaired) electrons. The number of rotatable bonds is 5. The number of hydrogen-bond donors (Lipinski definition) is 3. The minimum atomic E-state index is -1.33. The second-order valence-corrected chi connectivity index (χ2v) is 7.74. The van der Waals surface area contributed by atoms with Crippen molar-refractivity contribution < 1.29 is 24.2 Å². The van der Waals surface area contributed by atoms with Crippen LogP contribution in [-0.4, -0.2) is 70.4 Å². The van der Waals surface area contributed by atoms with Gasteiger partial charge in [-0.3, -0.25) is 9.59 Å². The number of halogens is 1. The molecule has 1 aliphatic carbocycles. The van der Waals surface area contributed by atoms with Gasteiger partial charge in [0.2, 0.25) is 11.3 Å². The molecule has 10 heteroatoms. The van der Waals surface area contributed by atoms with E-state index in [9.17, 15) is 23.9 Å².